The van der Waals surface area contributed by atoms with Gasteiger partial charge in [0.1, 0.15) is 0 Å². The lowest BCUT2D eigenvalue weighted by molar-refractivity contribution is 0.676. The van der Waals surface area contributed by atoms with Crippen LogP contribution in [-0.4, -0.2) is 14.1 Å². The van der Waals surface area contributed by atoms with Crippen molar-refractivity contribution in [1.82, 2.24) is 14.1 Å². The van der Waals surface area contributed by atoms with E-state index >= 15 is 0 Å². The molecule has 0 aliphatic heterocycles. The summed E-state index contributed by atoms with van der Waals surface area (Å²) in [6.45, 7) is 0. The molecule has 2 heterocycles. The number of benzene rings is 3. The van der Waals surface area contributed by atoms with Crippen molar-refractivity contribution in [3.8, 4) is 11.1 Å². The summed E-state index contributed by atoms with van der Waals surface area (Å²) < 4.78 is 3.74. The number of rotatable bonds is 4. The molecule has 0 amide bonds. The molecule has 1 atom stereocenters. The van der Waals surface area contributed by atoms with Gasteiger partial charge in [0.15, 0.2) is 0 Å². The van der Waals surface area contributed by atoms with Crippen LogP contribution in [0.4, 0.5) is 0 Å². The van der Waals surface area contributed by atoms with E-state index in [4.69, 9.17) is 23.2 Å². The summed E-state index contributed by atoms with van der Waals surface area (Å²) in [6.07, 6.45) is 5.47. The predicted molar refractivity (Wildman–Crippen MR) is 131 cm³/mol. The van der Waals surface area contributed by atoms with Crippen molar-refractivity contribution in [3.63, 3.8) is 0 Å². The predicted octanol–water partition coefficient (Wildman–Crippen LogP) is 6.35. The molecule has 2 aromatic heterocycles. The molecular weight excluding hydrogens is 441 g/mol. The van der Waals surface area contributed by atoms with Gasteiger partial charge in [0.2, 0.25) is 0 Å². The topological polar surface area (TPSA) is 39.8 Å². The van der Waals surface area contributed by atoms with Gasteiger partial charge in [-0.05, 0) is 41.0 Å². The van der Waals surface area contributed by atoms with Gasteiger partial charge >= 0.3 is 0 Å². The summed E-state index contributed by atoms with van der Waals surface area (Å²) in [6, 6.07) is 23.0. The molecule has 0 radical (unpaired) electrons. The van der Waals surface area contributed by atoms with Crippen molar-refractivity contribution < 1.29 is 0 Å². The Balaban J connectivity index is 1.84. The zero-order valence-corrected chi connectivity index (χ0v) is 18.8. The number of imidazole rings is 1. The van der Waals surface area contributed by atoms with Crippen LogP contribution in [-0.2, 0) is 7.05 Å². The van der Waals surface area contributed by atoms with Crippen molar-refractivity contribution >= 4 is 34.1 Å². The van der Waals surface area contributed by atoms with Gasteiger partial charge in [0, 0.05) is 46.5 Å². The molecule has 1 unspecified atom stereocenters. The highest BCUT2D eigenvalue weighted by molar-refractivity contribution is 6.31. The second-order valence-corrected chi connectivity index (χ2v) is 8.55. The first-order valence-electron chi connectivity index (χ1n) is 10.1. The molecule has 158 valence electrons. The summed E-state index contributed by atoms with van der Waals surface area (Å²) in [4.78, 5) is 17.3. The molecule has 0 fully saturated rings. The Kier molecular flexibility index (Phi) is 5.33. The van der Waals surface area contributed by atoms with Gasteiger partial charge in [-0.25, -0.2) is 4.98 Å². The molecule has 3 aromatic carbocycles. The second-order valence-electron chi connectivity index (χ2n) is 7.67. The minimum atomic E-state index is -0.182. The van der Waals surface area contributed by atoms with E-state index in [1.807, 2.05) is 78.5 Å². The third-order valence-corrected chi connectivity index (χ3v) is 6.22. The van der Waals surface area contributed by atoms with Crippen molar-refractivity contribution in [2.45, 2.75) is 6.04 Å². The number of hydrogen-bond donors (Lipinski definition) is 0. The maximum absolute atomic E-state index is 13.0. The molecular formula is C26H19Cl2N3O. The Labute approximate surface area is 195 Å². The number of halogens is 2. The fourth-order valence-corrected chi connectivity index (χ4v) is 4.57. The Morgan fingerprint density at radius 1 is 0.906 bits per heavy atom. The van der Waals surface area contributed by atoms with Gasteiger partial charge in [-0.3, -0.25) is 4.79 Å². The Bertz CT molecular complexity index is 1470. The average Bonchev–Trinajstić information content (AvgIpc) is 3.32. The van der Waals surface area contributed by atoms with Crippen molar-refractivity contribution in [1.29, 1.82) is 0 Å². The Hall–Kier alpha value is -3.34. The maximum atomic E-state index is 13.0. The highest BCUT2D eigenvalue weighted by Crippen LogP contribution is 2.36. The van der Waals surface area contributed by atoms with Crippen molar-refractivity contribution in [2.24, 2.45) is 7.05 Å². The zero-order chi connectivity index (χ0) is 22.2. The third-order valence-electron chi connectivity index (χ3n) is 5.73. The molecule has 0 N–H and O–H groups in total. The molecule has 0 saturated carbocycles. The molecule has 32 heavy (non-hydrogen) atoms. The summed E-state index contributed by atoms with van der Waals surface area (Å²) in [7, 11) is 1.81. The van der Waals surface area contributed by atoms with Crippen LogP contribution in [0.1, 0.15) is 17.2 Å². The SMILES string of the molecule is Cn1c(=O)cc(-c2cccc(Cl)c2)c2cccc(C(c3ccc(Cl)cc3)n3ccnc3)c21. The number of pyridine rings is 1. The lowest BCUT2D eigenvalue weighted by atomic mass is 9.93. The van der Waals surface area contributed by atoms with Crippen molar-refractivity contribution in [2.75, 3.05) is 0 Å². The van der Waals surface area contributed by atoms with Crippen LogP contribution in [0.15, 0.2) is 96.3 Å². The standard InChI is InChI=1S/C26H19Cl2N3O/c1-30-24(32)15-23(18-4-2-5-20(28)14-18)21-6-3-7-22(26(21)30)25(31-13-12-29-16-31)17-8-10-19(27)11-9-17/h2-16,25H,1H3. The molecule has 0 aliphatic carbocycles. The van der Waals surface area contributed by atoms with Crippen LogP contribution < -0.4 is 5.56 Å². The molecule has 0 bridgehead atoms. The van der Waals surface area contributed by atoms with Crippen LogP contribution in [0.25, 0.3) is 22.0 Å². The summed E-state index contributed by atoms with van der Waals surface area (Å²) >= 11 is 12.4. The van der Waals surface area contributed by atoms with Crippen LogP contribution in [0.2, 0.25) is 10.0 Å². The van der Waals surface area contributed by atoms with E-state index in [0.717, 1.165) is 33.2 Å². The second kappa shape index (κ2) is 8.30. The van der Waals surface area contributed by atoms with Gasteiger partial charge in [0.25, 0.3) is 5.56 Å². The number of para-hydroxylation sites is 1. The van der Waals surface area contributed by atoms with Gasteiger partial charge in [-0.2, -0.15) is 0 Å². The number of nitrogens with zero attached hydrogens (tertiary/aromatic N) is 3. The number of aryl methyl sites for hydroxylation is 1. The molecule has 4 nitrogen and oxygen atoms in total. The van der Waals surface area contributed by atoms with E-state index in [1.54, 1.807) is 23.2 Å². The average molecular weight is 460 g/mol. The molecule has 0 aliphatic rings. The minimum Gasteiger partial charge on any atom is -0.326 e. The molecule has 5 aromatic rings. The smallest absolute Gasteiger partial charge is 0.251 e. The Morgan fingerprint density at radius 2 is 1.69 bits per heavy atom. The monoisotopic (exact) mass is 459 g/mol. The molecule has 6 heteroatoms. The van der Waals surface area contributed by atoms with E-state index in [9.17, 15) is 4.79 Å². The van der Waals surface area contributed by atoms with Crippen LogP contribution in [0, 0.1) is 0 Å². The fraction of sp³-hybridized carbons (Fsp3) is 0.0769. The lowest BCUT2D eigenvalue weighted by Crippen LogP contribution is -2.20. The van der Waals surface area contributed by atoms with Crippen LogP contribution >= 0.6 is 23.2 Å². The van der Waals surface area contributed by atoms with E-state index in [2.05, 4.69) is 11.1 Å². The molecule has 0 spiro atoms. The first-order valence-corrected chi connectivity index (χ1v) is 10.9. The van der Waals surface area contributed by atoms with E-state index in [0.29, 0.717) is 10.0 Å². The van der Waals surface area contributed by atoms with Gasteiger partial charge in [-0.1, -0.05) is 65.7 Å². The first-order chi connectivity index (χ1) is 15.5. The largest absolute Gasteiger partial charge is 0.326 e. The first kappa shape index (κ1) is 20.6. The summed E-state index contributed by atoms with van der Waals surface area (Å²) in [5.74, 6) is 0. The fourth-order valence-electron chi connectivity index (χ4n) is 4.26. The van der Waals surface area contributed by atoms with E-state index in [1.165, 1.54) is 0 Å². The maximum Gasteiger partial charge on any atom is 0.251 e. The highest BCUT2D eigenvalue weighted by Gasteiger charge is 2.21. The Morgan fingerprint density at radius 3 is 2.41 bits per heavy atom. The number of hydrogen-bond acceptors (Lipinski definition) is 2. The lowest BCUT2D eigenvalue weighted by Gasteiger charge is -2.23. The molecule has 0 saturated heterocycles. The van der Waals surface area contributed by atoms with Crippen LogP contribution in [0.3, 0.4) is 0 Å². The number of aromatic nitrogens is 3. The highest BCUT2D eigenvalue weighted by atomic mass is 35.5. The molecule has 5 rings (SSSR count). The minimum absolute atomic E-state index is 0.0830. The zero-order valence-electron chi connectivity index (χ0n) is 17.2. The van der Waals surface area contributed by atoms with E-state index < -0.39 is 0 Å². The normalized spacial score (nSPS) is 12.2. The number of fused-ring (bicyclic) bond motifs is 1. The summed E-state index contributed by atoms with van der Waals surface area (Å²) in [5.41, 5.74) is 4.58. The third kappa shape index (κ3) is 3.62. The van der Waals surface area contributed by atoms with Crippen LogP contribution in [0.5, 0.6) is 0 Å². The van der Waals surface area contributed by atoms with Gasteiger partial charge in [-0.15, -0.1) is 0 Å². The van der Waals surface area contributed by atoms with Gasteiger partial charge in [0.05, 0.1) is 17.9 Å². The van der Waals surface area contributed by atoms with E-state index in [-0.39, 0.29) is 11.6 Å². The summed E-state index contributed by atoms with van der Waals surface area (Å²) in [5, 5.41) is 2.28. The van der Waals surface area contributed by atoms with Crippen molar-refractivity contribution in [3.05, 3.63) is 123 Å². The quantitative estimate of drug-likeness (QED) is 0.314. The van der Waals surface area contributed by atoms with Gasteiger partial charge < -0.3 is 9.13 Å².